The standard InChI is InChI=1S/C39H42ClF3N8O3S/c1-38(2,3)54-37(52)51-22-7-8-23(51)18-49(17-22)34-25-13-27(40)30(24-9-10-28(42)33-29(24)26(15-44)35(55-33)45-20-48(4)5)31(43)32(25)46-36(47-34)53-19-39-11-6-12-50(39)16-21(41)14-39/h9-10,13,20-23H,6-8,11-12,14,16-19H2,1-5H3/t21-,22-,23+,39+/m1/s1. The molecule has 4 aliphatic heterocycles. The summed E-state index contributed by atoms with van der Waals surface area (Å²) >= 11 is 7.98. The number of nitrogens with zero attached hydrogens (tertiary/aromatic N) is 8. The van der Waals surface area contributed by atoms with Gasteiger partial charge in [-0.15, -0.1) is 11.3 Å². The Morgan fingerprint density at radius 1 is 1.20 bits per heavy atom. The third kappa shape index (κ3) is 6.69. The molecule has 0 spiro atoms. The van der Waals surface area contributed by atoms with Crippen molar-refractivity contribution < 1.29 is 27.4 Å². The third-order valence-corrected chi connectivity index (χ3v) is 12.4. The van der Waals surface area contributed by atoms with Crippen LogP contribution in [0.1, 0.15) is 58.4 Å². The zero-order valence-corrected chi connectivity index (χ0v) is 32.9. The summed E-state index contributed by atoms with van der Waals surface area (Å²) in [6.07, 6.45) is 3.72. The van der Waals surface area contributed by atoms with Crippen LogP contribution in [-0.4, -0.2) is 113 Å². The quantitative estimate of drug-likeness (QED) is 0.136. The van der Waals surface area contributed by atoms with E-state index in [0.29, 0.717) is 37.3 Å². The van der Waals surface area contributed by atoms with E-state index in [9.17, 15) is 14.4 Å². The normalized spacial score (nSPS) is 24.0. The predicted molar refractivity (Wildman–Crippen MR) is 207 cm³/mol. The lowest BCUT2D eigenvalue weighted by Crippen LogP contribution is -2.57. The number of carbonyl (C=O) groups excluding carboxylic acids is 1. The van der Waals surface area contributed by atoms with Crippen molar-refractivity contribution in [1.82, 2.24) is 24.7 Å². The number of ether oxygens (including phenoxy) is 2. The molecule has 0 N–H and O–H groups in total. The van der Waals surface area contributed by atoms with Gasteiger partial charge in [-0.2, -0.15) is 15.2 Å². The first kappa shape index (κ1) is 37.5. The van der Waals surface area contributed by atoms with Crippen LogP contribution in [0.4, 0.5) is 28.8 Å². The van der Waals surface area contributed by atoms with Gasteiger partial charge in [0, 0.05) is 56.5 Å². The van der Waals surface area contributed by atoms with Crippen molar-refractivity contribution >= 4 is 67.2 Å². The minimum Gasteiger partial charge on any atom is -0.461 e. The number of piperazine rings is 1. The van der Waals surface area contributed by atoms with E-state index in [-0.39, 0.29) is 73.1 Å². The summed E-state index contributed by atoms with van der Waals surface area (Å²) < 4.78 is 59.6. The van der Waals surface area contributed by atoms with Gasteiger partial charge in [0.05, 0.1) is 39.2 Å². The van der Waals surface area contributed by atoms with Crippen molar-refractivity contribution in [3.05, 3.63) is 40.4 Å². The van der Waals surface area contributed by atoms with Gasteiger partial charge in [0.1, 0.15) is 46.6 Å². The maximum Gasteiger partial charge on any atom is 0.410 e. The second kappa shape index (κ2) is 14.0. The van der Waals surface area contributed by atoms with Crippen molar-refractivity contribution in [2.24, 2.45) is 4.99 Å². The molecule has 8 rings (SSSR count). The summed E-state index contributed by atoms with van der Waals surface area (Å²) in [5.74, 6) is -0.980. The van der Waals surface area contributed by atoms with Gasteiger partial charge in [-0.05, 0) is 70.7 Å². The van der Waals surface area contributed by atoms with Crippen LogP contribution in [0.15, 0.2) is 23.2 Å². The Labute approximate surface area is 326 Å². The van der Waals surface area contributed by atoms with E-state index in [1.807, 2.05) is 25.7 Å². The first-order chi connectivity index (χ1) is 26.2. The number of rotatable bonds is 7. The molecule has 4 aliphatic rings. The smallest absolute Gasteiger partial charge is 0.410 e. The van der Waals surface area contributed by atoms with E-state index in [4.69, 9.17) is 26.1 Å². The van der Waals surface area contributed by atoms with Gasteiger partial charge in [-0.1, -0.05) is 17.7 Å². The van der Waals surface area contributed by atoms with E-state index >= 15 is 8.78 Å². The summed E-state index contributed by atoms with van der Waals surface area (Å²) in [5, 5.41) is 11.1. The van der Waals surface area contributed by atoms with Gasteiger partial charge < -0.3 is 19.3 Å². The number of carbonyl (C=O) groups is 1. The van der Waals surface area contributed by atoms with Crippen LogP contribution in [0, 0.1) is 23.0 Å². The molecule has 4 saturated heterocycles. The lowest BCUT2D eigenvalue weighted by Gasteiger charge is -2.42. The lowest BCUT2D eigenvalue weighted by molar-refractivity contribution is 0.0122. The van der Waals surface area contributed by atoms with E-state index in [0.717, 1.165) is 43.6 Å². The Kier molecular flexibility index (Phi) is 9.53. The minimum atomic E-state index is -0.965. The number of anilines is 1. The Bertz CT molecular complexity index is 2260. The van der Waals surface area contributed by atoms with Gasteiger partial charge in [0.2, 0.25) is 0 Å². The van der Waals surface area contributed by atoms with Crippen molar-refractivity contribution in [3.63, 3.8) is 0 Å². The van der Waals surface area contributed by atoms with Crippen LogP contribution in [-0.2, 0) is 4.74 Å². The van der Waals surface area contributed by atoms with Gasteiger partial charge >= 0.3 is 12.1 Å². The SMILES string of the molecule is CN(C)C=Nc1sc2c(F)ccc(-c3c(Cl)cc4c(N5C[C@H]6CC[C@@H](C5)N6C(=O)OC(C)(C)C)nc(OC[C@@]56CCCN5C[C@H](F)C6)nc4c3F)c2c1C#N. The van der Waals surface area contributed by atoms with Crippen LogP contribution in [0.3, 0.4) is 0 Å². The van der Waals surface area contributed by atoms with Crippen LogP contribution in [0.25, 0.3) is 32.1 Å². The molecule has 2 aromatic heterocycles. The van der Waals surface area contributed by atoms with Crippen molar-refractivity contribution in [3.8, 4) is 23.2 Å². The molecule has 55 heavy (non-hydrogen) atoms. The molecule has 4 fully saturated rings. The number of amides is 1. The fourth-order valence-electron chi connectivity index (χ4n) is 8.78. The Morgan fingerprint density at radius 3 is 2.64 bits per heavy atom. The number of aromatic nitrogens is 2. The summed E-state index contributed by atoms with van der Waals surface area (Å²) in [5.41, 5.74) is -0.978. The minimum absolute atomic E-state index is 0.0145. The summed E-state index contributed by atoms with van der Waals surface area (Å²) in [4.78, 5) is 34.8. The molecule has 4 atom stereocenters. The molecule has 11 nitrogen and oxygen atoms in total. The monoisotopic (exact) mass is 794 g/mol. The molecule has 290 valence electrons. The number of aliphatic imine (C=N–C) groups is 1. The summed E-state index contributed by atoms with van der Waals surface area (Å²) in [6.45, 7) is 7.56. The average Bonchev–Trinajstić information content (AvgIpc) is 3.84. The van der Waals surface area contributed by atoms with Gasteiger partial charge in [0.15, 0.2) is 5.82 Å². The number of fused-ring (bicyclic) bond motifs is 5. The van der Waals surface area contributed by atoms with Gasteiger partial charge in [0.25, 0.3) is 0 Å². The highest BCUT2D eigenvalue weighted by atomic mass is 35.5. The number of nitriles is 1. The predicted octanol–water partition coefficient (Wildman–Crippen LogP) is 8.08. The molecule has 0 unspecified atom stereocenters. The summed E-state index contributed by atoms with van der Waals surface area (Å²) in [7, 11) is 3.54. The molecule has 0 aliphatic carbocycles. The highest BCUT2D eigenvalue weighted by Crippen LogP contribution is 2.48. The van der Waals surface area contributed by atoms with E-state index in [1.54, 1.807) is 30.0 Å². The molecule has 16 heteroatoms. The first-order valence-electron chi connectivity index (χ1n) is 18.5. The number of halogens is 4. The fourth-order valence-corrected chi connectivity index (χ4v) is 10.1. The Morgan fingerprint density at radius 2 is 1.95 bits per heavy atom. The molecular formula is C39H42ClF3N8O3S. The number of hydrogen-bond acceptors (Lipinski definition) is 10. The van der Waals surface area contributed by atoms with Crippen LogP contribution in [0.5, 0.6) is 6.01 Å². The fraction of sp³-hybridized carbons (Fsp3) is 0.513. The van der Waals surface area contributed by atoms with E-state index in [1.165, 1.54) is 18.5 Å². The van der Waals surface area contributed by atoms with Crippen molar-refractivity contribution in [2.45, 2.75) is 82.3 Å². The molecule has 6 heterocycles. The molecular weight excluding hydrogens is 753 g/mol. The first-order valence-corrected chi connectivity index (χ1v) is 19.7. The number of hydrogen-bond donors (Lipinski definition) is 0. The number of benzene rings is 2. The van der Waals surface area contributed by atoms with Crippen molar-refractivity contribution in [2.75, 3.05) is 51.8 Å². The molecule has 2 bridgehead atoms. The molecule has 0 radical (unpaired) electrons. The summed E-state index contributed by atoms with van der Waals surface area (Å²) in [6, 6.07) is 5.96. The van der Waals surface area contributed by atoms with Crippen molar-refractivity contribution in [1.29, 1.82) is 5.26 Å². The average molecular weight is 795 g/mol. The largest absolute Gasteiger partial charge is 0.461 e. The van der Waals surface area contributed by atoms with Crippen LogP contribution in [0.2, 0.25) is 5.02 Å². The molecule has 1 amide bonds. The molecule has 0 saturated carbocycles. The topological polar surface area (TPSA) is 110 Å². The second-order valence-electron chi connectivity index (χ2n) is 16.2. The molecule has 4 aromatic rings. The van der Waals surface area contributed by atoms with E-state index in [2.05, 4.69) is 20.9 Å². The number of alkyl halides is 1. The second-order valence-corrected chi connectivity index (χ2v) is 17.6. The van der Waals surface area contributed by atoms with Gasteiger partial charge in [-0.3, -0.25) is 9.80 Å². The maximum atomic E-state index is 17.4. The lowest BCUT2D eigenvalue weighted by atomic mass is 9.95. The molecule has 2 aromatic carbocycles. The van der Waals surface area contributed by atoms with E-state index < -0.39 is 28.9 Å². The zero-order chi connectivity index (χ0) is 39.0. The highest BCUT2D eigenvalue weighted by Gasteiger charge is 2.50. The highest BCUT2D eigenvalue weighted by molar-refractivity contribution is 7.23. The maximum absolute atomic E-state index is 17.4. The third-order valence-electron chi connectivity index (χ3n) is 11.0. The van der Waals surface area contributed by atoms with Gasteiger partial charge in [-0.25, -0.2) is 23.0 Å². The zero-order valence-electron chi connectivity index (χ0n) is 31.3. The Hall–Kier alpha value is -4.39. The number of thiophene rings is 1. The van der Waals surface area contributed by atoms with Crippen LogP contribution >= 0.6 is 22.9 Å². The van der Waals surface area contributed by atoms with Crippen LogP contribution < -0.4 is 9.64 Å². The Balaban J connectivity index is 1.25.